The summed E-state index contributed by atoms with van der Waals surface area (Å²) in [4.78, 5) is 11.5. The Labute approximate surface area is 113 Å². The monoisotopic (exact) mass is 266 g/mol. The lowest BCUT2D eigenvalue weighted by Gasteiger charge is -2.32. The van der Waals surface area contributed by atoms with E-state index in [0.29, 0.717) is 12.1 Å². The molecule has 19 heavy (non-hydrogen) atoms. The van der Waals surface area contributed by atoms with Crippen molar-refractivity contribution < 1.29 is 18.8 Å². The molecule has 6 nitrogen and oxygen atoms in total. The number of carbonyl (C=O) groups excluding carboxylic acids is 1. The Morgan fingerprint density at radius 3 is 2.47 bits per heavy atom. The van der Waals surface area contributed by atoms with Crippen LogP contribution in [0.3, 0.4) is 0 Å². The van der Waals surface area contributed by atoms with Crippen LogP contribution in [0, 0.1) is 0 Å². The van der Waals surface area contributed by atoms with Crippen molar-refractivity contribution in [2.24, 2.45) is 0 Å². The van der Waals surface area contributed by atoms with Crippen LogP contribution in [0.2, 0.25) is 0 Å². The Hall–Kier alpha value is -1.34. The molecule has 1 fully saturated rings. The van der Waals surface area contributed by atoms with E-state index in [2.05, 4.69) is 5.10 Å². The predicted molar refractivity (Wildman–Crippen MR) is 70.4 cm³/mol. The zero-order valence-corrected chi connectivity index (χ0v) is 12.0. The SMILES string of the molecule is CCOC(=O)n1cc(B2OC(C)(C)C(C)(C)O2)cn1. The fourth-order valence-electron chi connectivity index (χ4n) is 1.73. The molecule has 0 unspecified atom stereocenters. The van der Waals surface area contributed by atoms with Gasteiger partial charge in [0.05, 0.1) is 17.8 Å². The summed E-state index contributed by atoms with van der Waals surface area (Å²) in [5.41, 5.74) is -0.125. The highest BCUT2D eigenvalue weighted by molar-refractivity contribution is 6.62. The molecule has 1 saturated heterocycles. The van der Waals surface area contributed by atoms with Gasteiger partial charge in [-0.1, -0.05) is 0 Å². The zero-order valence-electron chi connectivity index (χ0n) is 12.0. The lowest BCUT2D eigenvalue weighted by Crippen LogP contribution is -2.41. The lowest BCUT2D eigenvalue weighted by atomic mass is 9.82. The van der Waals surface area contributed by atoms with E-state index in [1.54, 1.807) is 19.3 Å². The largest absolute Gasteiger partial charge is 0.498 e. The van der Waals surface area contributed by atoms with Gasteiger partial charge < -0.3 is 14.0 Å². The van der Waals surface area contributed by atoms with E-state index in [4.69, 9.17) is 14.0 Å². The van der Waals surface area contributed by atoms with Crippen LogP contribution in [-0.2, 0) is 14.0 Å². The Morgan fingerprint density at radius 1 is 1.37 bits per heavy atom. The third kappa shape index (κ3) is 2.53. The van der Waals surface area contributed by atoms with Crippen molar-refractivity contribution in [3.8, 4) is 0 Å². The number of carbonyl (C=O) groups is 1. The number of hydrogen-bond acceptors (Lipinski definition) is 5. The summed E-state index contributed by atoms with van der Waals surface area (Å²) < 4.78 is 17.8. The maximum atomic E-state index is 11.5. The molecule has 1 aliphatic rings. The van der Waals surface area contributed by atoms with Gasteiger partial charge in [-0.05, 0) is 34.6 Å². The molecule has 2 heterocycles. The first kappa shape index (κ1) is 14.1. The zero-order chi connectivity index (χ0) is 14.3. The standard InChI is InChI=1S/C12H19BN2O4/c1-6-17-10(16)15-8-9(7-14-15)13-18-11(2,3)12(4,5)19-13/h7-8H,6H2,1-5H3. The summed E-state index contributed by atoms with van der Waals surface area (Å²) in [5.74, 6) is 0. The van der Waals surface area contributed by atoms with Gasteiger partial charge in [0.25, 0.3) is 0 Å². The van der Waals surface area contributed by atoms with Crippen LogP contribution >= 0.6 is 0 Å². The first-order chi connectivity index (χ1) is 8.77. The average Bonchev–Trinajstić information content (AvgIpc) is 2.83. The molecule has 0 N–H and O–H groups in total. The molecule has 0 amide bonds. The molecule has 0 atom stereocenters. The maximum absolute atomic E-state index is 11.5. The van der Waals surface area contributed by atoms with E-state index < -0.39 is 24.4 Å². The molecule has 7 heteroatoms. The van der Waals surface area contributed by atoms with Crippen molar-refractivity contribution in [1.82, 2.24) is 9.78 Å². The summed E-state index contributed by atoms with van der Waals surface area (Å²) in [6, 6.07) is 0. The van der Waals surface area contributed by atoms with Crippen molar-refractivity contribution in [2.45, 2.75) is 45.8 Å². The molecule has 2 rings (SSSR count). The van der Waals surface area contributed by atoms with Gasteiger partial charge in [-0.3, -0.25) is 0 Å². The van der Waals surface area contributed by atoms with Crippen molar-refractivity contribution in [2.75, 3.05) is 6.61 Å². The first-order valence-corrected chi connectivity index (χ1v) is 6.34. The maximum Gasteiger partial charge on any atom is 0.498 e. The van der Waals surface area contributed by atoms with Crippen LogP contribution in [0.25, 0.3) is 0 Å². The van der Waals surface area contributed by atoms with E-state index in [1.807, 2.05) is 27.7 Å². The van der Waals surface area contributed by atoms with Crippen LogP contribution in [-0.4, -0.2) is 40.8 Å². The number of nitrogens with zero attached hydrogens (tertiary/aromatic N) is 2. The van der Waals surface area contributed by atoms with Crippen molar-refractivity contribution in [3.63, 3.8) is 0 Å². The molecule has 0 saturated carbocycles. The number of rotatable bonds is 2. The predicted octanol–water partition coefficient (Wildman–Crippen LogP) is 1.19. The Kier molecular flexibility index (Phi) is 3.44. The van der Waals surface area contributed by atoms with E-state index in [-0.39, 0.29) is 0 Å². The summed E-state index contributed by atoms with van der Waals surface area (Å²) >= 11 is 0. The summed E-state index contributed by atoms with van der Waals surface area (Å²) in [7, 11) is -0.520. The van der Waals surface area contributed by atoms with Gasteiger partial charge >= 0.3 is 13.2 Å². The molecule has 104 valence electrons. The van der Waals surface area contributed by atoms with Crippen LogP contribution in [0.5, 0.6) is 0 Å². The third-order valence-electron chi connectivity index (χ3n) is 3.58. The Bertz CT molecular complexity index is 468. The molecule has 0 bridgehead atoms. The minimum Gasteiger partial charge on any atom is -0.448 e. The van der Waals surface area contributed by atoms with Gasteiger partial charge in [0.1, 0.15) is 0 Å². The first-order valence-electron chi connectivity index (χ1n) is 6.34. The van der Waals surface area contributed by atoms with E-state index >= 15 is 0 Å². The van der Waals surface area contributed by atoms with Crippen LogP contribution in [0.15, 0.2) is 12.4 Å². The minimum atomic E-state index is -0.520. The van der Waals surface area contributed by atoms with Gasteiger partial charge in [-0.2, -0.15) is 9.78 Å². The van der Waals surface area contributed by atoms with Crippen molar-refractivity contribution in [3.05, 3.63) is 12.4 Å². The minimum absolute atomic E-state index is 0.310. The molecular formula is C12H19BN2O4. The van der Waals surface area contributed by atoms with Gasteiger partial charge in [0.2, 0.25) is 0 Å². The highest BCUT2D eigenvalue weighted by Crippen LogP contribution is 2.36. The number of aromatic nitrogens is 2. The number of ether oxygens (including phenoxy) is 1. The van der Waals surface area contributed by atoms with E-state index in [0.717, 1.165) is 4.68 Å². The van der Waals surface area contributed by atoms with E-state index in [1.165, 1.54) is 0 Å². The highest BCUT2D eigenvalue weighted by Gasteiger charge is 2.52. The number of hydrogen-bond donors (Lipinski definition) is 0. The smallest absolute Gasteiger partial charge is 0.448 e. The molecule has 1 aromatic rings. The lowest BCUT2D eigenvalue weighted by molar-refractivity contribution is 0.00578. The second-order valence-electron chi connectivity index (χ2n) is 5.51. The topological polar surface area (TPSA) is 62.6 Å². The van der Waals surface area contributed by atoms with Crippen molar-refractivity contribution in [1.29, 1.82) is 0 Å². The normalized spacial score (nSPS) is 20.6. The third-order valence-corrected chi connectivity index (χ3v) is 3.58. The second-order valence-corrected chi connectivity index (χ2v) is 5.51. The van der Waals surface area contributed by atoms with Gasteiger partial charge in [-0.25, -0.2) is 4.79 Å². The van der Waals surface area contributed by atoms with E-state index in [9.17, 15) is 4.79 Å². The summed E-state index contributed by atoms with van der Waals surface area (Å²) in [6.45, 7) is 9.96. The average molecular weight is 266 g/mol. The molecule has 0 aromatic carbocycles. The van der Waals surface area contributed by atoms with Crippen molar-refractivity contribution >= 4 is 18.7 Å². The fourth-order valence-corrected chi connectivity index (χ4v) is 1.73. The summed E-state index contributed by atoms with van der Waals surface area (Å²) in [6.07, 6.45) is 2.62. The highest BCUT2D eigenvalue weighted by atomic mass is 16.7. The van der Waals surface area contributed by atoms with Crippen LogP contribution in [0.1, 0.15) is 34.6 Å². The Morgan fingerprint density at radius 2 is 1.95 bits per heavy atom. The quantitative estimate of drug-likeness (QED) is 0.752. The molecular weight excluding hydrogens is 247 g/mol. The molecule has 0 spiro atoms. The molecule has 0 radical (unpaired) electrons. The summed E-state index contributed by atoms with van der Waals surface area (Å²) in [5, 5.41) is 3.96. The van der Waals surface area contributed by atoms with Gasteiger partial charge in [0.15, 0.2) is 0 Å². The van der Waals surface area contributed by atoms with Gasteiger partial charge in [-0.15, -0.1) is 0 Å². The van der Waals surface area contributed by atoms with Crippen LogP contribution < -0.4 is 5.46 Å². The van der Waals surface area contributed by atoms with Gasteiger partial charge in [0, 0.05) is 17.9 Å². The molecule has 0 aliphatic carbocycles. The fraction of sp³-hybridized carbons (Fsp3) is 0.667. The molecule has 1 aliphatic heterocycles. The van der Waals surface area contributed by atoms with Crippen LogP contribution in [0.4, 0.5) is 4.79 Å². The molecule has 1 aromatic heterocycles. The second kappa shape index (κ2) is 4.65. The Balaban J connectivity index is 2.15.